The average molecular weight is 393 g/mol. The number of sulfonamides is 1. The molecule has 0 amide bonds. The van der Waals surface area contributed by atoms with Crippen LogP contribution in [0, 0.1) is 13.8 Å². The number of aromatic nitrogens is 3. The highest BCUT2D eigenvalue weighted by Crippen LogP contribution is 2.31. The molecule has 7 nitrogen and oxygen atoms in total. The second-order valence-electron chi connectivity index (χ2n) is 6.67. The van der Waals surface area contributed by atoms with Crippen LogP contribution in [0.2, 0.25) is 0 Å². The molecule has 0 unspecified atom stereocenters. The van der Waals surface area contributed by atoms with Gasteiger partial charge in [0.2, 0.25) is 16.0 Å². The number of fused-ring (bicyclic) bond motifs is 1. The third-order valence-corrected chi connectivity index (χ3v) is 5.37. The van der Waals surface area contributed by atoms with Crippen molar-refractivity contribution in [1.29, 1.82) is 0 Å². The molecule has 0 radical (unpaired) electrons. The number of nitrogens with one attached hydrogen (secondary N) is 2. The molecule has 142 valence electrons. The van der Waals surface area contributed by atoms with Crippen LogP contribution in [0.4, 0.5) is 11.6 Å². The number of benzene rings is 2. The van der Waals surface area contributed by atoms with E-state index in [1.807, 2.05) is 26.1 Å². The molecule has 0 saturated carbocycles. The first-order valence-corrected chi connectivity index (χ1v) is 10.2. The molecular formula is C20H19N5O2S. The number of hydrogen-bond acceptors (Lipinski definition) is 5. The van der Waals surface area contributed by atoms with Gasteiger partial charge in [0.1, 0.15) is 0 Å². The quantitative estimate of drug-likeness (QED) is 0.490. The molecule has 4 aromatic rings. The predicted octanol–water partition coefficient (Wildman–Crippen LogP) is 3.63. The van der Waals surface area contributed by atoms with Gasteiger partial charge < -0.3 is 10.3 Å². The predicted molar refractivity (Wildman–Crippen MR) is 110 cm³/mol. The molecule has 0 aliphatic rings. The van der Waals surface area contributed by atoms with Gasteiger partial charge in [0.15, 0.2) is 0 Å². The summed E-state index contributed by atoms with van der Waals surface area (Å²) in [4.78, 5) is 12.3. The molecule has 28 heavy (non-hydrogen) atoms. The van der Waals surface area contributed by atoms with Crippen LogP contribution in [0.25, 0.3) is 22.2 Å². The zero-order valence-electron chi connectivity index (χ0n) is 15.4. The standard InChI is InChI=1S/C20H19N5O2S/c1-12-8-17(16-6-7-22-18(16)9-12)19-13(2)11-23-20(25-19)24-14-4-3-5-15(10-14)28(21,26)27/h3-11,22H,1-2H3,(H2,21,26,27)(H,23,24,25). The lowest BCUT2D eigenvalue weighted by Gasteiger charge is -2.11. The van der Waals surface area contributed by atoms with E-state index in [-0.39, 0.29) is 4.90 Å². The lowest BCUT2D eigenvalue weighted by molar-refractivity contribution is 0.598. The van der Waals surface area contributed by atoms with Crippen molar-refractivity contribution in [3.63, 3.8) is 0 Å². The van der Waals surface area contributed by atoms with Gasteiger partial charge in [-0.2, -0.15) is 0 Å². The molecule has 2 aromatic heterocycles. The van der Waals surface area contributed by atoms with E-state index in [4.69, 9.17) is 5.14 Å². The van der Waals surface area contributed by atoms with E-state index in [1.165, 1.54) is 12.1 Å². The Morgan fingerprint density at radius 2 is 1.93 bits per heavy atom. The molecule has 0 bridgehead atoms. The van der Waals surface area contributed by atoms with E-state index < -0.39 is 10.0 Å². The van der Waals surface area contributed by atoms with Crippen molar-refractivity contribution in [2.75, 3.05) is 5.32 Å². The minimum atomic E-state index is -3.78. The number of nitrogens with two attached hydrogens (primary N) is 1. The molecule has 8 heteroatoms. The number of hydrogen-bond donors (Lipinski definition) is 3. The van der Waals surface area contributed by atoms with E-state index in [0.29, 0.717) is 11.6 Å². The van der Waals surface area contributed by atoms with Crippen molar-refractivity contribution in [2.45, 2.75) is 18.7 Å². The second-order valence-corrected chi connectivity index (χ2v) is 8.24. The largest absolute Gasteiger partial charge is 0.361 e. The Balaban J connectivity index is 1.77. The van der Waals surface area contributed by atoms with Gasteiger partial charge >= 0.3 is 0 Å². The summed E-state index contributed by atoms with van der Waals surface area (Å²) < 4.78 is 23.1. The summed E-state index contributed by atoms with van der Waals surface area (Å²) in [6, 6.07) is 12.4. The van der Waals surface area contributed by atoms with Gasteiger partial charge in [-0.05, 0) is 61.4 Å². The zero-order valence-corrected chi connectivity index (χ0v) is 16.2. The van der Waals surface area contributed by atoms with Crippen molar-refractivity contribution >= 4 is 32.6 Å². The third-order valence-electron chi connectivity index (χ3n) is 4.46. The van der Waals surface area contributed by atoms with Crippen LogP contribution >= 0.6 is 0 Å². The van der Waals surface area contributed by atoms with Crippen LogP contribution < -0.4 is 10.5 Å². The number of anilines is 2. The molecule has 0 fully saturated rings. The first-order valence-electron chi connectivity index (χ1n) is 8.63. The number of H-pyrrole nitrogens is 1. The van der Waals surface area contributed by atoms with E-state index in [0.717, 1.165) is 33.3 Å². The summed E-state index contributed by atoms with van der Waals surface area (Å²) in [5, 5.41) is 9.34. The molecule has 4 rings (SSSR count). The minimum absolute atomic E-state index is 0.0255. The molecule has 0 atom stereocenters. The van der Waals surface area contributed by atoms with Gasteiger partial charge in [0.25, 0.3) is 0 Å². The Hall–Kier alpha value is -3.23. The van der Waals surface area contributed by atoms with E-state index in [2.05, 4.69) is 32.4 Å². The van der Waals surface area contributed by atoms with Gasteiger partial charge in [0.05, 0.1) is 10.6 Å². The van der Waals surface area contributed by atoms with Crippen LogP contribution in [-0.4, -0.2) is 23.4 Å². The lowest BCUT2D eigenvalue weighted by Crippen LogP contribution is -2.12. The highest BCUT2D eigenvalue weighted by atomic mass is 32.2. The summed E-state index contributed by atoms with van der Waals surface area (Å²) in [6.45, 7) is 4.00. The number of primary sulfonamides is 1. The fourth-order valence-electron chi connectivity index (χ4n) is 3.16. The average Bonchev–Trinajstić information content (AvgIpc) is 3.10. The molecule has 2 heterocycles. The molecule has 0 saturated heterocycles. The molecule has 0 spiro atoms. The van der Waals surface area contributed by atoms with Gasteiger partial charge in [-0.15, -0.1) is 0 Å². The molecule has 0 aliphatic heterocycles. The molecule has 0 aliphatic carbocycles. The highest BCUT2D eigenvalue weighted by molar-refractivity contribution is 7.89. The van der Waals surface area contributed by atoms with Crippen LogP contribution in [0.1, 0.15) is 11.1 Å². The van der Waals surface area contributed by atoms with Crippen molar-refractivity contribution in [3.8, 4) is 11.3 Å². The Morgan fingerprint density at radius 1 is 1.11 bits per heavy atom. The third kappa shape index (κ3) is 3.47. The fraction of sp³-hybridized carbons (Fsp3) is 0.100. The number of aromatic amines is 1. The minimum Gasteiger partial charge on any atom is -0.361 e. The summed E-state index contributed by atoms with van der Waals surface area (Å²) in [7, 11) is -3.78. The summed E-state index contributed by atoms with van der Waals surface area (Å²) in [6.07, 6.45) is 3.65. The SMILES string of the molecule is Cc1cc(-c2nc(Nc3cccc(S(N)(=O)=O)c3)ncc2C)c2cc[nH]c2c1. The number of rotatable bonds is 4. The van der Waals surface area contributed by atoms with Crippen LogP contribution in [0.3, 0.4) is 0 Å². The first kappa shape index (κ1) is 18.1. The number of nitrogens with zero attached hydrogens (tertiary/aromatic N) is 2. The van der Waals surface area contributed by atoms with Gasteiger partial charge in [-0.1, -0.05) is 6.07 Å². The van der Waals surface area contributed by atoms with Crippen molar-refractivity contribution in [1.82, 2.24) is 15.0 Å². The monoisotopic (exact) mass is 393 g/mol. The van der Waals surface area contributed by atoms with Crippen LogP contribution in [-0.2, 0) is 10.0 Å². The smallest absolute Gasteiger partial charge is 0.238 e. The van der Waals surface area contributed by atoms with E-state index in [9.17, 15) is 8.42 Å². The topological polar surface area (TPSA) is 114 Å². The Kier molecular flexibility index (Phi) is 4.37. The highest BCUT2D eigenvalue weighted by Gasteiger charge is 2.13. The normalized spacial score (nSPS) is 11.7. The summed E-state index contributed by atoms with van der Waals surface area (Å²) in [5.74, 6) is 0.373. The summed E-state index contributed by atoms with van der Waals surface area (Å²) in [5.41, 5.74) is 5.47. The summed E-state index contributed by atoms with van der Waals surface area (Å²) >= 11 is 0. The van der Waals surface area contributed by atoms with Gasteiger partial charge in [0, 0.05) is 34.5 Å². The number of aryl methyl sites for hydroxylation is 2. The van der Waals surface area contributed by atoms with Crippen molar-refractivity contribution < 1.29 is 8.42 Å². The maximum Gasteiger partial charge on any atom is 0.238 e. The Morgan fingerprint density at radius 3 is 2.71 bits per heavy atom. The maximum absolute atomic E-state index is 11.6. The molecular weight excluding hydrogens is 374 g/mol. The second kappa shape index (κ2) is 6.74. The fourth-order valence-corrected chi connectivity index (χ4v) is 3.72. The maximum atomic E-state index is 11.6. The van der Waals surface area contributed by atoms with E-state index >= 15 is 0 Å². The van der Waals surface area contributed by atoms with Crippen LogP contribution in [0.5, 0.6) is 0 Å². The molecule has 4 N–H and O–H groups in total. The molecule has 2 aromatic carbocycles. The zero-order chi connectivity index (χ0) is 19.9. The Bertz CT molecular complexity index is 1300. The lowest BCUT2D eigenvalue weighted by atomic mass is 10.0. The van der Waals surface area contributed by atoms with Crippen molar-refractivity contribution in [3.05, 3.63) is 66.0 Å². The van der Waals surface area contributed by atoms with Crippen molar-refractivity contribution in [2.24, 2.45) is 5.14 Å². The van der Waals surface area contributed by atoms with Gasteiger partial charge in [-0.25, -0.2) is 23.5 Å². The first-order chi connectivity index (χ1) is 13.3. The van der Waals surface area contributed by atoms with Crippen LogP contribution in [0.15, 0.2) is 59.8 Å². The van der Waals surface area contributed by atoms with E-state index in [1.54, 1.807) is 18.3 Å². The Labute approximate surface area is 162 Å². The van der Waals surface area contributed by atoms with Gasteiger partial charge in [-0.3, -0.25) is 0 Å².